The van der Waals surface area contributed by atoms with Crippen molar-refractivity contribution in [3.8, 4) is 0 Å². The van der Waals surface area contributed by atoms with Crippen LogP contribution in [0.4, 0.5) is 42.4 Å². The normalized spacial score (nSPS) is 12.2. The fraction of sp³-hybridized carbons (Fsp3) is 0.432. The Morgan fingerprint density at radius 1 is 0.442 bits per heavy atom. The number of aryl methyl sites for hydroxylation is 3. The summed E-state index contributed by atoms with van der Waals surface area (Å²) in [5.74, 6) is -1.42. The molecule has 5 rings (SSSR count). The summed E-state index contributed by atoms with van der Waals surface area (Å²) in [5.41, 5.74) is 0.716. The first-order valence-corrected chi connectivity index (χ1v) is 30.2. The van der Waals surface area contributed by atoms with E-state index in [1.54, 1.807) is 0 Å². The van der Waals surface area contributed by atoms with E-state index in [-0.39, 0.29) is 70.6 Å². The van der Waals surface area contributed by atoms with E-state index < -0.39 is 116 Å². The van der Waals surface area contributed by atoms with Crippen molar-refractivity contribution in [1.29, 1.82) is 0 Å². The van der Waals surface area contributed by atoms with E-state index in [0.717, 1.165) is 21.3 Å². The molecule has 0 aliphatic rings. The SMILES string of the molecule is COS(=O)(=O)OCCS(=O)(=O)CCOCCNc1nc(C)nc(F)n1.COS(=O)(=O)OCCS(=O)(=O)c1ccc(Nc2nc(C)nc(F)n2)cc1.COS(=O)(=O)OCCS(=O)(=O)c1cccc(Nc2nc(C)nc(F)n2)c1. The van der Waals surface area contributed by atoms with Gasteiger partial charge in [0.2, 0.25) is 17.8 Å². The Labute approximate surface area is 440 Å². The van der Waals surface area contributed by atoms with Crippen molar-refractivity contribution in [3.63, 3.8) is 0 Å². The molecule has 3 heterocycles. The van der Waals surface area contributed by atoms with Gasteiger partial charge in [0.15, 0.2) is 29.5 Å². The quantitative estimate of drug-likeness (QED) is 0.0576. The highest BCUT2D eigenvalue weighted by Gasteiger charge is 2.20. The van der Waals surface area contributed by atoms with Crippen molar-refractivity contribution in [2.24, 2.45) is 0 Å². The Hall–Kier alpha value is -5.92. The van der Waals surface area contributed by atoms with Gasteiger partial charge >= 0.3 is 49.4 Å². The van der Waals surface area contributed by atoms with Gasteiger partial charge in [-0.2, -0.15) is 83.3 Å². The first-order valence-electron chi connectivity index (χ1n) is 21.1. The van der Waals surface area contributed by atoms with Gasteiger partial charge in [0.1, 0.15) is 17.5 Å². The van der Waals surface area contributed by atoms with Crippen LogP contribution in [0.1, 0.15) is 17.5 Å². The van der Waals surface area contributed by atoms with Crippen LogP contribution in [-0.2, 0) is 90.5 Å². The lowest BCUT2D eigenvalue weighted by Crippen LogP contribution is -2.22. The summed E-state index contributed by atoms with van der Waals surface area (Å²) in [5, 5.41) is 8.10. The Morgan fingerprint density at radius 2 is 0.844 bits per heavy atom. The Morgan fingerprint density at radius 3 is 1.30 bits per heavy atom. The molecule has 3 N–H and O–H groups in total. The molecule has 2 aromatic carbocycles. The number of rotatable bonds is 28. The first-order chi connectivity index (χ1) is 35.9. The van der Waals surface area contributed by atoms with Crippen molar-refractivity contribution in [1.82, 2.24) is 44.9 Å². The summed E-state index contributed by atoms with van der Waals surface area (Å²) in [4.78, 5) is 32.0. The molecule has 0 fully saturated rings. The number of ether oxygens (including phenoxy) is 1. The average Bonchev–Trinajstić information content (AvgIpc) is 3.32. The second-order valence-electron chi connectivity index (χ2n) is 14.2. The molecule has 0 aliphatic heterocycles. The molecule has 0 saturated carbocycles. The van der Waals surface area contributed by atoms with Crippen LogP contribution in [0.2, 0.25) is 0 Å². The molecule has 0 radical (unpaired) electrons. The second kappa shape index (κ2) is 29.7. The molecule has 5 aromatic rings. The average molecular weight is 1220 g/mol. The van der Waals surface area contributed by atoms with E-state index in [4.69, 9.17) is 4.74 Å². The Bertz CT molecular complexity index is 3390. The number of sulfone groups is 3. The lowest BCUT2D eigenvalue weighted by molar-refractivity contribution is 0.159. The zero-order valence-corrected chi connectivity index (χ0v) is 46.0. The van der Waals surface area contributed by atoms with Gasteiger partial charge in [-0.15, -0.1) is 0 Å². The first kappa shape index (κ1) is 65.4. The van der Waals surface area contributed by atoms with E-state index in [9.17, 15) is 63.7 Å². The van der Waals surface area contributed by atoms with Crippen LogP contribution >= 0.6 is 0 Å². The molecule has 40 heteroatoms. The fourth-order valence-electron chi connectivity index (χ4n) is 5.07. The lowest BCUT2D eigenvalue weighted by atomic mass is 10.3. The molecule has 0 bridgehead atoms. The van der Waals surface area contributed by atoms with E-state index in [1.165, 1.54) is 69.3 Å². The summed E-state index contributed by atoms with van der Waals surface area (Å²) in [6, 6.07) is 11.0. The minimum atomic E-state index is -4.22. The van der Waals surface area contributed by atoms with Gasteiger partial charge < -0.3 is 20.7 Å². The highest BCUT2D eigenvalue weighted by Crippen LogP contribution is 2.21. The Kier molecular flexibility index (Phi) is 25.2. The summed E-state index contributed by atoms with van der Waals surface area (Å²) in [7, 11) is -21.0. The van der Waals surface area contributed by atoms with E-state index in [2.05, 4.69) is 85.9 Å². The number of benzene rings is 2. The highest BCUT2D eigenvalue weighted by atomic mass is 32.3. The van der Waals surface area contributed by atoms with E-state index in [1.807, 2.05) is 0 Å². The minimum Gasteiger partial charge on any atom is -0.379 e. The lowest BCUT2D eigenvalue weighted by Gasteiger charge is -2.09. The third-order valence-electron chi connectivity index (χ3n) is 8.54. The largest absolute Gasteiger partial charge is 0.399 e. The van der Waals surface area contributed by atoms with Crippen molar-refractivity contribution in [3.05, 3.63) is 84.2 Å². The zero-order chi connectivity index (χ0) is 57.7. The van der Waals surface area contributed by atoms with Crippen LogP contribution in [0.15, 0.2) is 58.3 Å². The van der Waals surface area contributed by atoms with Crippen LogP contribution < -0.4 is 16.0 Å². The molecule has 0 aliphatic carbocycles. The van der Waals surface area contributed by atoms with Crippen LogP contribution in [-0.4, -0.2) is 179 Å². The molecule has 0 amide bonds. The molecule has 428 valence electrons. The highest BCUT2D eigenvalue weighted by molar-refractivity contribution is 7.92. The third kappa shape index (κ3) is 25.4. The van der Waals surface area contributed by atoms with Crippen LogP contribution in [0.5, 0.6) is 0 Å². The number of aromatic nitrogens is 9. The van der Waals surface area contributed by atoms with Gasteiger partial charge in [-0.1, -0.05) is 6.07 Å². The van der Waals surface area contributed by atoms with E-state index >= 15 is 0 Å². The summed E-state index contributed by atoms with van der Waals surface area (Å²) in [6.07, 6.45) is -2.81. The van der Waals surface area contributed by atoms with Gasteiger partial charge in [-0.3, -0.25) is 12.5 Å². The third-order valence-corrected chi connectivity index (χ3v) is 16.1. The van der Waals surface area contributed by atoms with Crippen molar-refractivity contribution >= 4 is 89.9 Å². The molecular formula is C37H49F3N12O19S6. The standard InChI is InChI=1S/2C13H15FN4O6S2.C11H19FN4O7S2/c1-9-15-12(14)18-13(16-9)17-10-3-5-11(6-4-10)25(19,20)8-7-24-26(21,22)23-2;1-9-15-12(14)18-13(16-9)17-10-4-3-5-11(8-10)25(19,20)7-6-24-26(21,22)23-2;1-9-14-10(12)16-11(15-9)13-3-4-22-5-7-24(17,18)8-6-23-25(19,20)21-2/h3-6H,7-8H2,1-2H3,(H,15,16,17,18);3-5,8H,6-7H2,1-2H3,(H,15,16,17,18);3-8H2,1-2H3,(H,13,14,15,16). The molecule has 31 nitrogen and oxygen atoms in total. The summed E-state index contributed by atoms with van der Waals surface area (Å²) >= 11 is 0. The van der Waals surface area contributed by atoms with Gasteiger partial charge in [0.05, 0.1) is 87.2 Å². The molecule has 0 spiro atoms. The fourth-order valence-corrected chi connectivity index (χ4v) is 9.67. The summed E-state index contributed by atoms with van der Waals surface area (Å²) in [6.45, 7) is 3.04. The maximum Gasteiger partial charge on any atom is 0.399 e. The topological polar surface area (TPSA) is 422 Å². The van der Waals surface area contributed by atoms with Crippen LogP contribution in [0, 0.1) is 39.0 Å². The number of nitrogens with zero attached hydrogens (tertiary/aromatic N) is 9. The molecule has 77 heavy (non-hydrogen) atoms. The zero-order valence-electron chi connectivity index (χ0n) is 41.1. The van der Waals surface area contributed by atoms with Gasteiger partial charge in [0.25, 0.3) is 0 Å². The predicted octanol–water partition coefficient (Wildman–Crippen LogP) is 0.559. The van der Waals surface area contributed by atoms with Crippen molar-refractivity contribution in [2.45, 2.75) is 30.6 Å². The molecule has 3 aromatic heterocycles. The molecule has 0 atom stereocenters. The van der Waals surface area contributed by atoms with E-state index in [0.29, 0.717) is 11.4 Å². The molecule has 0 saturated heterocycles. The van der Waals surface area contributed by atoms with Crippen molar-refractivity contribution < 1.29 is 93.5 Å². The van der Waals surface area contributed by atoms with Crippen LogP contribution in [0.25, 0.3) is 0 Å². The van der Waals surface area contributed by atoms with Gasteiger partial charge in [0, 0.05) is 17.9 Å². The number of anilines is 5. The smallest absolute Gasteiger partial charge is 0.379 e. The van der Waals surface area contributed by atoms with Gasteiger partial charge in [-0.25, -0.2) is 37.8 Å². The summed E-state index contributed by atoms with van der Waals surface area (Å²) < 4.78 is 207. The maximum absolute atomic E-state index is 13.2. The number of nitrogens with one attached hydrogen (secondary N) is 3. The van der Waals surface area contributed by atoms with Crippen LogP contribution in [0.3, 0.4) is 0 Å². The number of hydrogen-bond acceptors (Lipinski definition) is 31. The second-order valence-corrected chi connectivity index (χ2v) is 24.9. The van der Waals surface area contributed by atoms with Crippen molar-refractivity contribution in [2.75, 3.05) is 99.9 Å². The van der Waals surface area contributed by atoms with Gasteiger partial charge in [-0.05, 0) is 63.2 Å². The molecule has 0 unspecified atom stereocenters. The molecular weight excluding hydrogens is 1170 g/mol. The Balaban J connectivity index is 0.000000304. The predicted molar refractivity (Wildman–Crippen MR) is 261 cm³/mol. The number of halogens is 3. The maximum atomic E-state index is 13.2. The minimum absolute atomic E-state index is 0.0243. The monoisotopic (exact) mass is 1210 g/mol. The number of hydrogen-bond donors (Lipinski definition) is 3.